The van der Waals surface area contributed by atoms with Crippen molar-refractivity contribution >= 4 is 0 Å². The number of aliphatic hydroxyl groups is 7. The van der Waals surface area contributed by atoms with E-state index < -0.39 is 80.7 Å². The van der Waals surface area contributed by atoms with Gasteiger partial charge in [-0.05, 0) is 5.56 Å². The van der Waals surface area contributed by atoms with Crippen molar-refractivity contribution in [2.24, 2.45) is 0 Å². The van der Waals surface area contributed by atoms with Crippen molar-refractivity contribution in [3.8, 4) is 6.07 Å². The summed E-state index contributed by atoms with van der Waals surface area (Å²) >= 11 is 0. The van der Waals surface area contributed by atoms with Crippen molar-refractivity contribution in [1.29, 1.82) is 5.26 Å². The van der Waals surface area contributed by atoms with E-state index in [0.717, 1.165) is 0 Å². The SMILES string of the molecule is N#C[C@@H](O[C@H]1O[C@@H](CO[C@@H]2O[C@H](CO)[C@@H](O)[C@H](O)[C@@H]2O)[C@H](O)[C@@H](O)[C@@H]1O)c1ccccc1. The summed E-state index contributed by atoms with van der Waals surface area (Å²) in [7, 11) is 0. The third-order valence-electron chi connectivity index (χ3n) is 5.43. The largest absolute Gasteiger partial charge is 0.394 e. The smallest absolute Gasteiger partial charge is 0.188 e. The van der Waals surface area contributed by atoms with Gasteiger partial charge in [-0.25, -0.2) is 0 Å². The monoisotopic (exact) mass is 457 g/mol. The molecule has 0 aromatic heterocycles. The van der Waals surface area contributed by atoms with Gasteiger partial charge in [0.15, 0.2) is 18.7 Å². The first kappa shape index (κ1) is 24.9. The number of ether oxygens (including phenoxy) is 4. The quantitative estimate of drug-likeness (QED) is 0.218. The van der Waals surface area contributed by atoms with Crippen molar-refractivity contribution in [3.63, 3.8) is 0 Å². The molecule has 3 rings (SSSR count). The normalized spacial score (nSPS) is 41.1. The van der Waals surface area contributed by atoms with Crippen molar-refractivity contribution in [2.45, 2.75) is 67.5 Å². The molecule has 2 aliphatic heterocycles. The lowest BCUT2D eigenvalue weighted by Gasteiger charge is -2.43. The number of hydrogen-bond acceptors (Lipinski definition) is 12. The van der Waals surface area contributed by atoms with Gasteiger partial charge in [-0.2, -0.15) is 5.26 Å². The number of hydrogen-bond donors (Lipinski definition) is 7. The van der Waals surface area contributed by atoms with Crippen LogP contribution >= 0.6 is 0 Å². The summed E-state index contributed by atoms with van der Waals surface area (Å²) in [6.07, 6.45) is -16.5. The highest BCUT2D eigenvalue weighted by Gasteiger charge is 2.48. The highest BCUT2D eigenvalue weighted by Crippen LogP contribution is 2.28. The summed E-state index contributed by atoms with van der Waals surface area (Å²) in [5.41, 5.74) is 0.487. The minimum absolute atomic E-state index is 0.487. The van der Waals surface area contributed by atoms with Crippen LogP contribution in [0, 0.1) is 11.3 Å². The summed E-state index contributed by atoms with van der Waals surface area (Å²) in [4.78, 5) is 0. The average molecular weight is 457 g/mol. The molecule has 0 amide bonds. The topological polar surface area (TPSA) is 202 Å². The maximum absolute atomic E-state index is 10.3. The zero-order valence-corrected chi connectivity index (χ0v) is 16.9. The molecule has 1 aromatic rings. The van der Waals surface area contributed by atoms with Crippen LogP contribution in [0.3, 0.4) is 0 Å². The summed E-state index contributed by atoms with van der Waals surface area (Å²) in [6, 6.07) is 10.3. The number of nitriles is 1. The Morgan fingerprint density at radius 2 is 1.38 bits per heavy atom. The standard InChI is InChI=1S/C20H27NO11/c21-6-10(9-4-2-1-3-5-9)30-20-18(28)16(26)14(24)12(32-20)8-29-19-17(27)15(25)13(23)11(7-22)31-19/h1-5,10-20,22-28H,7-8H2/t10-,11-,12+,13-,14+,15+,16-,17+,18+,19-,20+/m1/s1. The molecule has 178 valence electrons. The first-order valence-electron chi connectivity index (χ1n) is 10.00. The van der Waals surface area contributed by atoms with Gasteiger partial charge < -0.3 is 54.7 Å². The molecule has 2 heterocycles. The summed E-state index contributed by atoms with van der Waals surface area (Å²) in [5.74, 6) is 0. The van der Waals surface area contributed by atoms with Crippen LogP contribution in [0.1, 0.15) is 11.7 Å². The van der Waals surface area contributed by atoms with Crippen LogP contribution in [-0.2, 0) is 18.9 Å². The molecule has 0 bridgehead atoms. The Balaban J connectivity index is 1.65. The van der Waals surface area contributed by atoms with E-state index in [4.69, 9.17) is 18.9 Å². The van der Waals surface area contributed by atoms with Crippen LogP contribution in [0.2, 0.25) is 0 Å². The Morgan fingerprint density at radius 1 is 0.812 bits per heavy atom. The molecule has 0 spiro atoms. The predicted octanol–water partition coefficient (Wildman–Crippen LogP) is -3.11. The second-order valence-electron chi connectivity index (χ2n) is 7.60. The van der Waals surface area contributed by atoms with Crippen LogP contribution in [0.5, 0.6) is 0 Å². The van der Waals surface area contributed by atoms with Gasteiger partial charge in [-0.1, -0.05) is 30.3 Å². The van der Waals surface area contributed by atoms with Crippen LogP contribution in [0.25, 0.3) is 0 Å². The molecule has 7 N–H and O–H groups in total. The lowest BCUT2D eigenvalue weighted by molar-refractivity contribution is -0.334. The third kappa shape index (κ3) is 5.25. The molecule has 0 saturated carbocycles. The van der Waals surface area contributed by atoms with E-state index in [2.05, 4.69) is 0 Å². The van der Waals surface area contributed by atoms with Gasteiger partial charge in [0.25, 0.3) is 0 Å². The molecule has 0 aliphatic carbocycles. The van der Waals surface area contributed by atoms with Crippen molar-refractivity contribution in [1.82, 2.24) is 0 Å². The maximum Gasteiger partial charge on any atom is 0.188 e. The molecular formula is C20H27NO11. The minimum Gasteiger partial charge on any atom is -0.394 e. The molecule has 2 saturated heterocycles. The summed E-state index contributed by atoms with van der Waals surface area (Å²) in [5, 5.41) is 79.1. The van der Waals surface area contributed by atoms with Crippen LogP contribution < -0.4 is 0 Å². The van der Waals surface area contributed by atoms with Crippen molar-refractivity contribution in [2.75, 3.05) is 13.2 Å². The number of benzene rings is 1. The van der Waals surface area contributed by atoms with E-state index in [9.17, 15) is 41.0 Å². The average Bonchev–Trinajstić information content (AvgIpc) is 2.81. The molecule has 12 heteroatoms. The Kier molecular flexibility index (Phi) is 8.50. The fraction of sp³-hybridized carbons (Fsp3) is 0.650. The molecule has 32 heavy (non-hydrogen) atoms. The first-order valence-corrected chi connectivity index (χ1v) is 10.00. The molecule has 1 aromatic carbocycles. The van der Waals surface area contributed by atoms with E-state index >= 15 is 0 Å². The van der Waals surface area contributed by atoms with Crippen molar-refractivity contribution in [3.05, 3.63) is 35.9 Å². The molecule has 11 atom stereocenters. The number of rotatable bonds is 7. The second kappa shape index (κ2) is 10.9. The van der Waals surface area contributed by atoms with Gasteiger partial charge in [0, 0.05) is 0 Å². The lowest BCUT2D eigenvalue weighted by atomic mass is 9.98. The van der Waals surface area contributed by atoms with E-state index in [1.165, 1.54) is 0 Å². The zero-order chi connectivity index (χ0) is 23.4. The predicted molar refractivity (Wildman–Crippen MR) is 102 cm³/mol. The molecule has 2 aliphatic rings. The minimum atomic E-state index is -1.70. The van der Waals surface area contributed by atoms with Gasteiger partial charge in [-0.15, -0.1) is 0 Å². The lowest BCUT2D eigenvalue weighted by Crippen LogP contribution is -2.61. The molecule has 12 nitrogen and oxygen atoms in total. The summed E-state index contributed by atoms with van der Waals surface area (Å²) < 4.78 is 21.6. The van der Waals surface area contributed by atoms with Crippen LogP contribution in [-0.4, -0.2) is 110 Å². The molecule has 2 fully saturated rings. The van der Waals surface area contributed by atoms with Crippen LogP contribution in [0.4, 0.5) is 0 Å². The Bertz CT molecular complexity index is 760. The Morgan fingerprint density at radius 3 is 1.97 bits per heavy atom. The van der Waals surface area contributed by atoms with Crippen molar-refractivity contribution < 1.29 is 54.7 Å². The van der Waals surface area contributed by atoms with Gasteiger partial charge >= 0.3 is 0 Å². The van der Waals surface area contributed by atoms with E-state index in [1.807, 2.05) is 6.07 Å². The molecule has 0 radical (unpaired) electrons. The first-order chi connectivity index (χ1) is 15.3. The zero-order valence-electron chi connectivity index (χ0n) is 16.9. The van der Waals surface area contributed by atoms with Gasteiger partial charge in [0.05, 0.1) is 19.3 Å². The van der Waals surface area contributed by atoms with E-state index in [1.54, 1.807) is 30.3 Å². The fourth-order valence-corrected chi connectivity index (χ4v) is 3.51. The van der Waals surface area contributed by atoms with Gasteiger partial charge in [0.1, 0.15) is 48.8 Å². The number of nitrogens with zero attached hydrogens (tertiary/aromatic N) is 1. The molecule has 0 unspecified atom stereocenters. The Labute approximate surface area is 183 Å². The molecular weight excluding hydrogens is 430 g/mol. The van der Waals surface area contributed by atoms with E-state index in [0.29, 0.717) is 5.56 Å². The fourth-order valence-electron chi connectivity index (χ4n) is 3.51. The second-order valence-corrected chi connectivity index (χ2v) is 7.60. The van der Waals surface area contributed by atoms with E-state index in [-0.39, 0.29) is 0 Å². The Hall–Kier alpha value is -1.73. The third-order valence-corrected chi connectivity index (χ3v) is 5.43. The highest BCUT2D eigenvalue weighted by atomic mass is 16.7. The number of aliphatic hydroxyl groups excluding tert-OH is 7. The summed E-state index contributed by atoms with van der Waals surface area (Å²) in [6.45, 7) is -1.14. The highest BCUT2D eigenvalue weighted by molar-refractivity contribution is 5.22. The van der Waals surface area contributed by atoms with Crippen LogP contribution in [0.15, 0.2) is 30.3 Å². The van der Waals surface area contributed by atoms with Gasteiger partial charge in [-0.3, -0.25) is 0 Å². The maximum atomic E-state index is 10.3. The van der Waals surface area contributed by atoms with Gasteiger partial charge in [0.2, 0.25) is 0 Å².